The van der Waals surface area contributed by atoms with E-state index in [-0.39, 0.29) is 5.69 Å². The minimum Gasteiger partial charge on any atom is -0.390 e. The average Bonchev–Trinajstić information content (AvgIpc) is 2.87. The van der Waals surface area contributed by atoms with E-state index in [0.717, 1.165) is 0 Å². The van der Waals surface area contributed by atoms with Crippen molar-refractivity contribution < 1.29 is 19.9 Å². The van der Waals surface area contributed by atoms with Crippen molar-refractivity contribution in [3.63, 3.8) is 0 Å². The van der Waals surface area contributed by atoms with Gasteiger partial charge in [-0.05, 0) is 4.92 Å². The molecule has 0 bridgehead atoms. The van der Waals surface area contributed by atoms with Crippen LogP contribution in [0.1, 0.15) is 11.8 Å². The Hall–Kier alpha value is -1.03. The van der Waals surface area contributed by atoms with Gasteiger partial charge in [0.1, 0.15) is 24.5 Å². The Morgan fingerprint density at radius 1 is 1.59 bits per heavy atom. The molecule has 1 aliphatic rings. The van der Waals surface area contributed by atoms with Crippen LogP contribution in [0.15, 0.2) is 6.20 Å². The molecule has 94 valence electrons. The molecule has 0 amide bonds. The minimum atomic E-state index is -1.15. The first-order valence-corrected chi connectivity index (χ1v) is 5.94. The van der Waals surface area contributed by atoms with Crippen LogP contribution in [0.25, 0.3) is 0 Å². The topological polar surface area (TPSA) is 122 Å². The van der Waals surface area contributed by atoms with E-state index < -0.39 is 35.3 Å². The van der Waals surface area contributed by atoms with Gasteiger partial charge in [-0.1, -0.05) is 20.9 Å². The smallest absolute Gasteiger partial charge is 0.390 e. The molecule has 0 saturated carbocycles. The molecule has 1 aromatic rings. The number of nitro groups is 1. The largest absolute Gasteiger partial charge is 0.432 e. The lowest BCUT2D eigenvalue weighted by molar-refractivity contribution is -0.393. The predicted molar refractivity (Wildman–Crippen MR) is 58.7 cm³/mol. The van der Waals surface area contributed by atoms with Gasteiger partial charge in [-0.2, -0.15) is 0 Å². The number of hydrogen-bond acceptors (Lipinski definition) is 6. The Balaban J connectivity index is 2.19. The molecule has 0 spiro atoms. The normalized spacial score (nSPS) is 32.9. The number of nitrogens with one attached hydrogen (secondary N) is 1. The average molecular weight is 308 g/mol. The van der Waals surface area contributed by atoms with Crippen molar-refractivity contribution in [2.75, 3.05) is 5.33 Å². The maximum absolute atomic E-state index is 10.4. The number of rotatable bonds is 3. The predicted octanol–water partition coefficient (Wildman–Crippen LogP) is -0.126. The third-order valence-electron chi connectivity index (χ3n) is 2.56. The van der Waals surface area contributed by atoms with Crippen LogP contribution in [0.2, 0.25) is 0 Å². The van der Waals surface area contributed by atoms with Crippen LogP contribution in [0.4, 0.5) is 5.95 Å². The van der Waals surface area contributed by atoms with E-state index in [0.29, 0.717) is 5.33 Å². The van der Waals surface area contributed by atoms with Gasteiger partial charge in [0.05, 0.1) is 6.10 Å². The second-order valence-corrected chi connectivity index (χ2v) is 4.28. The Labute approximate surface area is 104 Å². The summed E-state index contributed by atoms with van der Waals surface area (Å²) in [6, 6.07) is 0. The lowest BCUT2D eigenvalue weighted by Crippen LogP contribution is -2.31. The molecular weight excluding hydrogens is 298 g/mol. The van der Waals surface area contributed by atoms with Gasteiger partial charge in [-0.15, -0.1) is 0 Å². The number of halogens is 1. The van der Waals surface area contributed by atoms with Gasteiger partial charge < -0.3 is 25.1 Å². The molecule has 4 atom stereocenters. The summed E-state index contributed by atoms with van der Waals surface area (Å²) >= 11 is 3.14. The molecule has 2 heterocycles. The van der Waals surface area contributed by atoms with Gasteiger partial charge in [-0.3, -0.25) is 0 Å². The van der Waals surface area contributed by atoms with Crippen molar-refractivity contribution in [2.45, 2.75) is 24.4 Å². The van der Waals surface area contributed by atoms with Gasteiger partial charge in [0, 0.05) is 5.33 Å². The highest BCUT2D eigenvalue weighted by Gasteiger charge is 2.45. The van der Waals surface area contributed by atoms with Crippen LogP contribution in [-0.4, -0.2) is 48.7 Å². The summed E-state index contributed by atoms with van der Waals surface area (Å²) in [5, 5.41) is 30.2. The number of nitrogens with zero attached hydrogens (tertiary/aromatic N) is 2. The molecule has 0 aromatic carbocycles. The van der Waals surface area contributed by atoms with E-state index in [1.54, 1.807) is 0 Å². The standard InChI is InChI=1S/C8H10BrN3O5/c9-1-4-5(13)6(14)7(17-4)3-2-10-8(11-3)12(15)16/h2,4-7,13-14H,1H2,(H,10,11)/t4-,5-,6+,7+/m1/s1. The van der Waals surface area contributed by atoms with Crippen LogP contribution < -0.4 is 0 Å². The molecule has 17 heavy (non-hydrogen) atoms. The van der Waals surface area contributed by atoms with Crippen molar-refractivity contribution in [1.82, 2.24) is 9.97 Å². The number of ether oxygens (including phenoxy) is 1. The molecule has 3 N–H and O–H groups in total. The van der Waals surface area contributed by atoms with Crippen LogP contribution >= 0.6 is 15.9 Å². The Morgan fingerprint density at radius 2 is 2.29 bits per heavy atom. The molecule has 1 saturated heterocycles. The fourth-order valence-corrected chi connectivity index (χ4v) is 2.22. The second-order valence-electron chi connectivity index (χ2n) is 3.64. The lowest BCUT2D eigenvalue weighted by atomic mass is 10.1. The fourth-order valence-electron chi connectivity index (χ4n) is 1.69. The maximum atomic E-state index is 10.4. The van der Waals surface area contributed by atoms with E-state index in [1.807, 2.05) is 0 Å². The zero-order valence-electron chi connectivity index (χ0n) is 8.49. The molecule has 2 rings (SSSR count). The first kappa shape index (κ1) is 12.4. The van der Waals surface area contributed by atoms with Gasteiger partial charge in [0.25, 0.3) is 0 Å². The van der Waals surface area contributed by atoms with E-state index in [1.165, 1.54) is 6.20 Å². The van der Waals surface area contributed by atoms with Crippen LogP contribution in [0.5, 0.6) is 0 Å². The number of aromatic nitrogens is 2. The van der Waals surface area contributed by atoms with Crippen molar-refractivity contribution in [3.8, 4) is 0 Å². The number of aromatic amines is 1. The molecule has 1 aliphatic heterocycles. The van der Waals surface area contributed by atoms with Crippen LogP contribution in [-0.2, 0) is 4.74 Å². The number of hydrogen-bond donors (Lipinski definition) is 3. The van der Waals surface area contributed by atoms with E-state index >= 15 is 0 Å². The van der Waals surface area contributed by atoms with Crippen molar-refractivity contribution >= 4 is 21.9 Å². The third-order valence-corrected chi connectivity index (χ3v) is 3.20. The fraction of sp³-hybridized carbons (Fsp3) is 0.625. The molecule has 1 fully saturated rings. The molecule has 0 unspecified atom stereocenters. The third kappa shape index (κ3) is 2.18. The molecule has 1 aromatic heterocycles. The number of aliphatic hydroxyl groups is 2. The molecular formula is C8H10BrN3O5. The van der Waals surface area contributed by atoms with Crippen molar-refractivity contribution in [3.05, 3.63) is 22.0 Å². The number of aliphatic hydroxyl groups excluding tert-OH is 2. The summed E-state index contributed by atoms with van der Waals surface area (Å²) in [6.45, 7) is 0. The first-order valence-electron chi connectivity index (χ1n) is 4.82. The SMILES string of the molecule is O=[N+]([O-])c1nc([C@@H]2O[C@H](CBr)[C@@H](O)[C@@H]2O)c[nH]1. The Kier molecular flexibility index (Phi) is 3.43. The van der Waals surface area contributed by atoms with Gasteiger partial charge >= 0.3 is 5.95 Å². The highest BCUT2D eigenvalue weighted by molar-refractivity contribution is 9.09. The molecule has 8 nitrogen and oxygen atoms in total. The van der Waals surface area contributed by atoms with Gasteiger partial charge in [0.15, 0.2) is 5.69 Å². The van der Waals surface area contributed by atoms with Crippen LogP contribution in [0, 0.1) is 10.1 Å². The zero-order valence-corrected chi connectivity index (χ0v) is 10.1. The highest BCUT2D eigenvalue weighted by atomic mass is 79.9. The lowest BCUT2D eigenvalue weighted by Gasteiger charge is -2.10. The monoisotopic (exact) mass is 307 g/mol. The summed E-state index contributed by atoms with van der Waals surface area (Å²) in [5.41, 5.74) is 0.201. The Bertz CT molecular complexity index is 425. The number of imidazole rings is 1. The van der Waals surface area contributed by atoms with Gasteiger partial charge in [-0.25, -0.2) is 4.98 Å². The quantitative estimate of drug-likeness (QED) is 0.406. The maximum Gasteiger partial charge on any atom is 0.432 e. The van der Waals surface area contributed by atoms with Crippen LogP contribution in [0.3, 0.4) is 0 Å². The molecule has 0 radical (unpaired) electrons. The molecule has 0 aliphatic carbocycles. The second kappa shape index (κ2) is 4.69. The zero-order chi connectivity index (χ0) is 12.6. The van der Waals surface area contributed by atoms with Crippen molar-refractivity contribution in [2.24, 2.45) is 0 Å². The summed E-state index contributed by atoms with van der Waals surface area (Å²) in [4.78, 5) is 15.8. The highest BCUT2D eigenvalue weighted by Crippen LogP contribution is 2.33. The van der Waals surface area contributed by atoms with E-state index in [2.05, 4.69) is 25.9 Å². The Morgan fingerprint density at radius 3 is 2.76 bits per heavy atom. The first-order chi connectivity index (χ1) is 8.04. The summed E-state index contributed by atoms with van der Waals surface area (Å²) < 4.78 is 5.36. The summed E-state index contributed by atoms with van der Waals surface area (Å²) in [5.74, 6) is -0.424. The van der Waals surface area contributed by atoms with Gasteiger partial charge in [0.2, 0.25) is 0 Å². The number of alkyl halides is 1. The minimum absolute atomic E-state index is 0.201. The van der Waals surface area contributed by atoms with E-state index in [4.69, 9.17) is 4.74 Å². The van der Waals surface area contributed by atoms with Crippen molar-refractivity contribution in [1.29, 1.82) is 0 Å². The van der Waals surface area contributed by atoms with E-state index in [9.17, 15) is 20.3 Å². The molecule has 9 heteroatoms. The summed E-state index contributed by atoms with van der Waals surface area (Å²) in [6.07, 6.45) is -2.34. The summed E-state index contributed by atoms with van der Waals surface area (Å²) in [7, 11) is 0. The number of H-pyrrole nitrogens is 1.